The van der Waals surface area contributed by atoms with E-state index in [4.69, 9.17) is 52.8 Å². The van der Waals surface area contributed by atoms with Crippen molar-refractivity contribution in [2.24, 2.45) is 23.1 Å². The smallest absolute Gasteiger partial charge is 0.247 e. The number of amides is 2. The summed E-state index contributed by atoms with van der Waals surface area (Å²) in [5, 5.41) is 39.0. The SMILES string of the molecule is C#CCOCCOCCOCCNc1nc(N2CCN(C(=O)[C@H]([C@@H](C)CC)n3cc([C@@H](N)CO)nn3)CC2)nc(N2CCN(C(=O)[C@H](CCCCN)n3cc([C@@H](N)CO)nn3)CC2)n1.[Cl-]. The van der Waals surface area contributed by atoms with Crippen molar-refractivity contribution in [1.29, 1.82) is 0 Å². The van der Waals surface area contributed by atoms with Crippen LogP contribution < -0.4 is 44.7 Å². The predicted octanol–water partition coefficient (Wildman–Crippen LogP) is -4.91. The van der Waals surface area contributed by atoms with Crippen LogP contribution in [0.4, 0.5) is 17.8 Å². The van der Waals surface area contributed by atoms with Gasteiger partial charge in [0, 0.05) is 58.9 Å². The van der Waals surface area contributed by atoms with E-state index >= 15 is 0 Å². The van der Waals surface area contributed by atoms with Crippen LogP contribution in [0.1, 0.15) is 75.1 Å². The maximum Gasteiger partial charge on any atom is 0.247 e. The van der Waals surface area contributed by atoms with Gasteiger partial charge in [-0.3, -0.25) is 9.59 Å². The van der Waals surface area contributed by atoms with Gasteiger partial charge in [-0.25, -0.2) is 9.36 Å². The average molecular weight is 934 g/mol. The number of nitrogens with two attached hydrogens (primary N) is 3. The topological polar surface area (TPSA) is 305 Å². The Hall–Kier alpha value is -4.84. The number of piperazine rings is 2. The number of unbranched alkanes of at least 4 members (excludes halogenated alkanes) is 1. The first-order chi connectivity index (χ1) is 31.1. The second-order valence-electron chi connectivity index (χ2n) is 15.7. The molecule has 0 radical (unpaired) electrons. The highest BCUT2D eigenvalue weighted by molar-refractivity contribution is 5.81. The number of ether oxygens (including phenoxy) is 3. The lowest BCUT2D eigenvalue weighted by atomic mass is 9.97. The Labute approximate surface area is 386 Å². The highest BCUT2D eigenvalue weighted by atomic mass is 35.5. The molecule has 24 nitrogen and oxygen atoms in total. The molecule has 0 bridgehead atoms. The fourth-order valence-corrected chi connectivity index (χ4v) is 7.26. The highest BCUT2D eigenvalue weighted by Crippen LogP contribution is 2.27. The maximum absolute atomic E-state index is 14.1. The van der Waals surface area contributed by atoms with Gasteiger partial charge >= 0.3 is 0 Å². The summed E-state index contributed by atoms with van der Waals surface area (Å²) in [7, 11) is 0. The normalized spacial score (nSPS) is 16.6. The summed E-state index contributed by atoms with van der Waals surface area (Å²) in [6.07, 6.45) is 11.2. The Morgan fingerprint density at radius 1 is 0.785 bits per heavy atom. The number of aromatic nitrogens is 9. The fourth-order valence-electron chi connectivity index (χ4n) is 7.26. The first-order valence-electron chi connectivity index (χ1n) is 22.1. The molecule has 65 heavy (non-hydrogen) atoms. The van der Waals surface area contributed by atoms with E-state index in [1.807, 2.05) is 33.4 Å². The molecule has 5 heterocycles. The van der Waals surface area contributed by atoms with E-state index in [1.165, 1.54) is 4.68 Å². The zero-order valence-electron chi connectivity index (χ0n) is 37.5. The standard InChI is InChI=1S/C40H67N17O7.ClH/c1-4-19-62-21-23-64-24-22-63-20-10-44-38-45-39(54-15-11-52(12-16-54)36(60)34(8-6-7-9-41)56-25-32(48-50-56)30(42)27-58)47-40(46-38)55-17-13-53(14-18-55)37(61)35(29(3)5-2)57-26-33(49-51-57)31(43)28-59;/h1,25-26,29-31,34-35,58-59H,5-24,27-28,41-43H2,2-3H3,(H,44,45,46,47);1H/p-1/t29-,30-,31-,34-,35-;/m0./s1. The molecule has 9 N–H and O–H groups in total. The Balaban J connectivity index is 0.00000925. The lowest BCUT2D eigenvalue weighted by Crippen LogP contribution is -3.00. The Morgan fingerprint density at radius 2 is 1.31 bits per heavy atom. The molecule has 0 saturated carbocycles. The van der Waals surface area contributed by atoms with Crippen LogP contribution in [0.25, 0.3) is 0 Å². The van der Waals surface area contributed by atoms with E-state index in [1.54, 1.807) is 17.1 Å². The molecule has 362 valence electrons. The maximum atomic E-state index is 14.1. The third-order valence-corrected chi connectivity index (χ3v) is 11.3. The Kier molecular flexibility index (Phi) is 22.4. The van der Waals surface area contributed by atoms with E-state index < -0.39 is 24.2 Å². The number of hydrogen-bond donors (Lipinski definition) is 6. The van der Waals surface area contributed by atoms with Crippen molar-refractivity contribution in [3.05, 3.63) is 23.8 Å². The number of aliphatic hydroxyl groups is 2. The van der Waals surface area contributed by atoms with Gasteiger partial charge in [0.25, 0.3) is 0 Å². The molecule has 0 unspecified atom stereocenters. The Morgan fingerprint density at radius 3 is 1.85 bits per heavy atom. The van der Waals surface area contributed by atoms with Crippen molar-refractivity contribution in [3.63, 3.8) is 0 Å². The summed E-state index contributed by atoms with van der Waals surface area (Å²) >= 11 is 0. The number of aliphatic hydroxyl groups excluding tert-OH is 2. The summed E-state index contributed by atoms with van der Waals surface area (Å²) in [5.41, 5.74) is 18.6. The first kappa shape index (κ1) is 52.8. The van der Waals surface area contributed by atoms with Gasteiger partial charge in [-0.15, -0.1) is 16.6 Å². The monoisotopic (exact) mass is 933 g/mol. The number of anilines is 3. The van der Waals surface area contributed by atoms with Crippen molar-refractivity contribution in [1.82, 2.24) is 54.7 Å². The van der Waals surface area contributed by atoms with Crippen molar-refractivity contribution >= 4 is 29.7 Å². The van der Waals surface area contributed by atoms with E-state index in [0.717, 1.165) is 19.3 Å². The second kappa shape index (κ2) is 27.6. The van der Waals surface area contributed by atoms with Gasteiger partial charge < -0.3 is 78.9 Å². The van der Waals surface area contributed by atoms with E-state index in [2.05, 4.69) is 31.9 Å². The molecule has 2 aliphatic rings. The minimum atomic E-state index is -0.698. The predicted molar refractivity (Wildman–Crippen MR) is 236 cm³/mol. The highest BCUT2D eigenvalue weighted by Gasteiger charge is 2.35. The molecule has 2 fully saturated rings. The van der Waals surface area contributed by atoms with Gasteiger partial charge in [0.2, 0.25) is 29.7 Å². The van der Waals surface area contributed by atoms with E-state index in [0.29, 0.717) is 134 Å². The number of nitrogens with one attached hydrogen (secondary N) is 1. The zero-order valence-corrected chi connectivity index (χ0v) is 38.3. The van der Waals surface area contributed by atoms with Crippen LogP contribution >= 0.6 is 0 Å². The molecule has 2 amide bonds. The van der Waals surface area contributed by atoms with Crippen LogP contribution in [-0.4, -0.2) is 195 Å². The second-order valence-corrected chi connectivity index (χ2v) is 15.7. The van der Waals surface area contributed by atoms with Crippen LogP contribution in [0.2, 0.25) is 0 Å². The summed E-state index contributed by atoms with van der Waals surface area (Å²) in [4.78, 5) is 50.4. The lowest BCUT2D eigenvalue weighted by molar-refractivity contribution is -0.137. The van der Waals surface area contributed by atoms with Crippen LogP contribution in [0.3, 0.4) is 0 Å². The minimum Gasteiger partial charge on any atom is -1.00 e. The number of halogens is 1. The molecule has 25 heteroatoms. The van der Waals surface area contributed by atoms with Crippen molar-refractivity contribution < 1.29 is 46.4 Å². The van der Waals surface area contributed by atoms with Crippen molar-refractivity contribution in [2.45, 2.75) is 63.7 Å². The molecule has 0 aliphatic carbocycles. The number of carbonyl (C=O) groups excluding carboxylic acids is 2. The van der Waals surface area contributed by atoms with Crippen LogP contribution in [0.5, 0.6) is 0 Å². The molecule has 2 saturated heterocycles. The molecule has 2 aliphatic heterocycles. The van der Waals surface area contributed by atoms with Gasteiger partial charge in [0.05, 0.1) is 70.7 Å². The van der Waals surface area contributed by atoms with Gasteiger partial charge in [-0.2, -0.15) is 15.0 Å². The summed E-state index contributed by atoms with van der Waals surface area (Å²) in [6.45, 7) is 10.2. The van der Waals surface area contributed by atoms with Gasteiger partial charge in [0.1, 0.15) is 30.1 Å². The van der Waals surface area contributed by atoms with Gasteiger partial charge in [-0.1, -0.05) is 36.6 Å². The molecular formula is C40H67ClN17O7-. The van der Waals surface area contributed by atoms with E-state index in [9.17, 15) is 19.8 Å². The number of nitrogens with zero attached hydrogens (tertiary/aromatic N) is 13. The van der Waals surface area contributed by atoms with Crippen molar-refractivity contribution in [3.8, 4) is 12.3 Å². The quantitative estimate of drug-likeness (QED) is 0.0308. The molecule has 0 spiro atoms. The molecular weight excluding hydrogens is 866 g/mol. The fraction of sp³-hybridized carbons (Fsp3) is 0.725. The number of carbonyl (C=O) groups is 2. The average Bonchev–Trinajstić information content (AvgIpc) is 4.03. The zero-order chi connectivity index (χ0) is 45.8. The number of rotatable bonds is 27. The number of terminal acetylenes is 1. The summed E-state index contributed by atoms with van der Waals surface area (Å²) < 4.78 is 19.6. The summed E-state index contributed by atoms with van der Waals surface area (Å²) in [5.74, 6) is 3.50. The van der Waals surface area contributed by atoms with Gasteiger partial charge in [-0.05, 0) is 31.7 Å². The van der Waals surface area contributed by atoms with Crippen LogP contribution in [0, 0.1) is 18.3 Å². The van der Waals surface area contributed by atoms with Crippen LogP contribution in [0.15, 0.2) is 12.4 Å². The van der Waals surface area contributed by atoms with Crippen LogP contribution in [-0.2, 0) is 23.8 Å². The molecule has 5 atom stereocenters. The largest absolute Gasteiger partial charge is 1.00 e. The third-order valence-electron chi connectivity index (χ3n) is 11.3. The molecule has 3 aromatic rings. The van der Waals surface area contributed by atoms with Crippen molar-refractivity contribution in [2.75, 3.05) is 133 Å². The third kappa shape index (κ3) is 15.1. The Bertz CT molecular complexity index is 1900. The molecule has 5 rings (SSSR count). The van der Waals surface area contributed by atoms with E-state index in [-0.39, 0.29) is 50.0 Å². The minimum absolute atomic E-state index is 0. The molecule has 0 aromatic carbocycles. The number of hydrogen-bond acceptors (Lipinski definition) is 20. The van der Waals surface area contributed by atoms with Gasteiger partial charge in [0.15, 0.2) is 0 Å². The first-order valence-corrected chi connectivity index (χ1v) is 22.1. The summed E-state index contributed by atoms with van der Waals surface area (Å²) in [6, 6.07) is -2.58. The lowest BCUT2D eigenvalue weighted by Gasteiger charge is -2.38. The molecule has 3 aromatic heterocycles.